The van der Waals surface area contributed by atoms with Crippen molar-refractivity contribution in [2.75, 3.05) is 17.1 Å². The summed E-state index contributed by atoms with van der Waals surface area (Å²) < 4.78 is 38.6. The lowest BCUT2D eigenvalue weighted by atomic mass is 10.2. The molecule has 8 heteroatoms. The van der Waals surface area contributed by atoms with E-state index in [9.17, 15) is 13.2 Å². The fourth-order valence-corrected chi connectivity index (χ4v) is 4.05. The fourth-order valence-electron chi connectivity index (χ4n) is 2.99. The van der Waals surface area contributed by atoms with E-state index in [2.05, 4.69) is 10.0 Å². The fraction of sp³-hybridized carbons (Fsp3) is 0.208. The van der Waals surface area contributed by atoms with Gasteiger partial charge in [0.15, 0.2) is 6.10 Å². The highest BCUT2D eigenvalue weighted by molar-refractivity contribution is 7.92. The monoisotopic (exact) mass is 454 g/mol. The second-order valence-electron chi connectivity index (χ2n) is 7.18. The van der Waals surface area contributed by atoms with Crippen molar-refractivity contribution in [1.82, 2.24) is 0 Å². The van der Waals surface area contributed by atoms with E-state index >= 15 is 0 Å². The SMILES string of the molecule is CC[C@H](Oc1cccc(C)c1)C(=O)Nc1ccc(S(=O)(=O)Nc2ccc(OC)cc2)cc1. The molecular weight excluding hydrogens is 428 g/mol. The van der Waals surface area contributed by atoms with Crippen molar-refractivity contribution in [2.24, 2.45) is 0 Å². The summed E-state index contributed by atoms with van der Waals surface area (Å²) >= 11 is 0. The van der Waals surface area contributed by atoms with Crippen molar-refractivity contribution in [1.29, 1.82) is 0 Å². The molecule has 0 aliphatic rings. The lowest BCUT2D eigenvalue weighted by Gasteiger charge is -2.18. The minimum Gasteiger partial charge on any atom is -0.497 e. The number of aryl methyl sites for hydroxylation is 1. The first kappa shape index (κ1) is 23.1. The highest BCUT2D eigenvalue weighted by Crippen LogP contribution is 2.21. The van der Waals surface area contributed by atoms with Crippen LogP contribution in [-0.4, -0.2) is 27.5 Å². The number of carbonyl (C=O) groups excluding carboxylic acids is 1. The van der Waals surface area contributed by atoms with Crippen LogP contribution in [0.4, 0.5) is 11.4 Å². The number of rotatable bonds is 9. The Kier molecular flexibility index (Phi) is 7.37. The minimum absolute atomic E-state index is 0.0781. The Balaban J connectivity index is 1.65. The van der Waals surface area contributed by atoms with Crippen molar-refractivity contribution in [2.45, 2.75) is 31.3 Å². The number of nitrogens with one attached hydrogen (secondary N) is 2. The minimum atomic E-state index is -3.77. The summed E-state index contributed by atoms with van der Waals surface area (Å²) in [6.45, 7) is 3.81. The summed E-state index contributed by atoms with van der Waals surface area (Å²) in [4.78, 5) is 12.7. The van der Waals surface area contributed by atoms with Crippen LogP contribution >= 0.6 is 0 Å². The molecule has 2 N–H and O–H groups in total. The van der Waals surface area contributed by atoms with E-state index in [0.717, 1.165) is 5.56 Å². The Morgan fingerprint density at radius 3 is 2.19 bits per heavy atom. The molecule has 0 unspecified atom stereocenters. The molecule has 0 saturated carbocycles. The van der Waals surface area contributed by atoms with Gasteiger partial charge in [-0.05, 0) is 79.6 Å². The van der Waals surface area contributed by atoms with Crippen molar-refractivity contribution in [3.8, 4) is 11.5 Å². The Morgan fingerprint density at radius 1 is 0.938 bits per heavy atom. The van der Waals surface area contributed by atoms with Crippen LogP contribution in [0, 0.1) is 6.92 Å². The highest BCUT2D eigenvalue weighted by atomic mass is 32.2. The molecule has 3 aromatic rings. The Morgan fingerprint density at radius 2 is 1.59 bits per heavy atom. The molecule has 0 saturated heterocycles. The van der Waals surface area contributed by atoms with Gasteiger partial charge in [0.25, 0.3) is 15.9 Å². The number of sulfonamides is 1. The van der Waals surface area contributed by atoms with Gasteiger partial charge < -0.3 is 14.8 Å². The first-order valence-corrected chi connectivity index (χ1v) is 11.6. The molecule has 0 radical (unpaired) electrons. The average Bonchev–Trinajstić information content (AvgIpc) is 2.78. The summed E-state index contributed by atoms with van der Waals surface area (Å²) in [5.74, 6) is 0.948. The van der Waals surface area contributed by atoms with Crippen molar-refractivity contribution in [3.63, 3.8) is 0 Å². The number of carbonyl (C=O) groups is 1. The maximum atomic E-state index is 12.6. The van der Waals surface area contributed by atoms with Gasteiger partial charge in [-0.25, -0.2) is 8.42 Å². The number of methoxy groups -OCH3 is 1. The lowest BCUT2D eigenvalue weighted by molar-refractivity contribution is -0.122. The molecule has 3 rings (SSSR count). The molecule has 32 heavy (non-hydrogen) atoms. The van der Waals surface area contributed by atoms with Gasteiger partial charge in [-0.2, -0.15) is 0 Å². The normalized spacial score (nSPS) is 12.0. The summed E-state index contributed by atoms with van der Waals surface area (Å²) in [6.07, 6.45) is -0.185. The number of benzene rings is 3. The van der Waals surface area contributed by atoms with Gasteiger partial charge in [-0.15, -0.1) is 0 Å². The quantitative estimate of drug-likeness (QED) is 0.493. The molecule has 0 spiro atoms. The summed E-state index contributed by atoms with van der Waals surface area (Å²) in [7, 11) is -2.23. The molecule has 7 nitrogen and oxygen atoms in total. The van der Waals surface area contributed by atoms with Gasteiger partial charge in [-0.1, -0.05) is 19.1 Å². The van der Waals surface area contributed by atoms with Gasteiger partial charge in [0.05, 0.1) is 12.0 Å². The molecule has 0 aliphatic carbocycles. The Labute approximate surface area is 188 Å². The third-order valence-corrected chi connectivity index (χ3v) is 6.10. The zero-order chi connectivity index (χ0) is 23.1. The number of hydrogen-bond acceptors (Lipinski definition) is 5. The van der Waals surface area contributed by atoms with Gasteiger partial charge in [0, 0.05) is 11.4 Å². The summed E-state index contributed by atoms with van der Waals surface area (Å²) in [5.41, 5.74) is 1.93. The third kappa shape index (κ3) is 6.01. The van der Waals surface area contributed by atoms with E-state index in [0.29, 0.717) is 29.3 Å². The second kappa shape index (κ2) is 10.2. The highest BCUT2D eigenvalue weighted by Gasteiger charge is 2.19. The van der Waals surface area contributed by atoms with Gasteiger partial charge in [0.2, 0.25) is 0 Å². The predicted octanol–water partition coefficient (Wildman–Crippen LogP) is 4.60. The van der Waals surface area contributed by atoms with Gasteiger partial charge in [-0.3, -0.25) is 9.52 Å². The van der Waals surface area contributed by atoms with Crippen LogP contribution in [0.5, 0.6) is 11.5 Å². The van der Waals surface area contributed by atoms with E-state index in [1.165, 1.54) is 19.2 Å². The molecule has 1 atom stereocenters. The van der Waals surface area contributed by atoms with E-state index in [1.807, 2.05) is 32.0 Å². The van der Waals surface area contributed by atoms with Crippen molar-refractivity contribution in [3.05, 3.63) is 78.4 Å². The third-order valence-electron chi connectivity index (χ3n) is 4.71. The molecule has 168 valence electrons. The molecular formula is C24H26N2O5S. The van der Waals surface area contributed by atoms with Gasteiger partial charge >= 0.3 is 0 Å². The average molecular weight is 455 g/mol. The molecule has 0 fully saturated rings. The Hall–Kier alpha value is -3.52. The van der Waals surface area contributed by atoms with Crippen LogP contribution in [0.25, 0.3) is 0 Å². The van der Waals surface area contributed by atoms with E-state index in [-0.39, 0.29) is 10.8 Å². The lowest BCUT2D eigenvalue weighted by Crippen LogP contribution is -2.32. The van der Waals surface area contributed by atoms with Crippen molar-refractivity contribution >= 4 is 27.3 Å². The topological polar surface area (TPSA) is 93.7 Å². The Bertz CT molecular complexity index is 1160. The number of amides is 1. The first-order chi connectivity index (χ1) is 15.3. The summed E-state index contributed by atoms with van der Waals surface area (Å²) in [6, 6.07) is 20.0. The maximum Gasteiger partial charge on any atom is 0.265 e. The van der Waals surface area contributed by atoms with Crippen LogP contribution in [0.1, 0.15) is 18.9 Å². The van der Waals surface area contributed by atoms with Crippen LogP contribution in [0.15, 0.2) is 77.7 Å². The van der Waals surface area contributed by atoms with Crippen LogP contribution in [0.3, 0.4) is 0 Å². The molecule has 3 aromatic carbocycles. The largest absolute Gasteiger partial charge is 0.497 e. The van der Waals surface area contributed by atoms with E-state index in [1.54, 1.807) is 42.5 Å². The smallest absolute Gasteiger partial charge is 0.265 e. The van der Waals surface area contributed by atoms with Crippen molar-refractivity contribution < 1.29 is 22.7 Å². The zero-order valence-electron chi connectivity index (χ0n) is 18.2. The molecule has 1 amide bonds. The second-order valence-corrected chi connectivity index (χ2v) is 8.86. The first-order valence-electron chi connectivity index (χ1n) is 10.1. The molecule has 0 heterocycles. The standard InChI is InChI=1S/C24H26N2O5S/c1-4-23(31-21-7-5-6-17(2)16-21)24(27)25-18-10-14-22(15-11-18)32(28,29)26-19-8-12-20(30-3)13-9-19/h5-16,23,26H,4H2,1-3H3,(H,25,27)/t23-/m0/s1. The molecule has 0 aromatic heterocycles. The van der Waals surface area contributed by atoms with E-state index in [4.69, 9.17) is 9.47 Å². The van der Waals surface area contributed by atoms with Gasteiger partial charge in [0.1, 0.15) is 11.5 Å². The predicted molar refractivity (Wildman–Crippen MR) is 125 cm³/mol. The number of ether oxygens (including phenoxy) is 2. The van der Waals surface area contributed by atoms with E-state index < -0.39 is 16.1 Å². The maximum absolute atomic E-state index is 12.6. The molecule has 0 aliphatic heterocycles. The van der Waals surface area contributed by atoms with Crippen LogP contribution in [0.2, 0.25) is 0 Å². The van der Waals surface area contributed by atoms with Crippen LogP contribution in [-0.2, 0) is 14.8 Å². The zero-order valence-corrected chi connectivity index (χ0v) is 19.0. The molecule has 0 bridgehead atoms. The number of anilines is 2. The number of hydrogen-bond donors (Lipinski definition) is 2. The van der Waals surface area contributed by atoms with Crippen LogP contribution < -0.4 is 19.5 Å². The summed E-state index contributed by atoms with van der Waals surface area (Å²) in [5, 5.41) is 2.78.